The van der Waals surface area contributed by atoms with Crippen LogP contribution in [0.5, 0.6) is 11.5 Å². The SMILES string of the molecule is [2H]c1c([2H])c([2H])c(N(c2ccc(-c3ccccc3)cc2)c2ccc3c(c2)C2(c4ccccc4O3)c3ccccc3Sc3ccccc32)c([2H])c1[2H]. The minimum absolute atomic E-state index is 0.0691. The maximum Gasteiger partial charge on any atom is 0.132 e. The molecule has 2 aliphatic rings. The first-order chi connectivity index (χ1) is 24.9. The van der Waals surface area contributed by atoms with Crippen LogP contribution < -0.4 is 9.64 Å². The largest absolute Gasteiger partial charge is 0.457 e. The molecular weight excluding hydrogens is 579 g/mol. The summed E-state index contributed by atoms with van der Waals surface area (Å²) in [5, 5.41) is 0. The Labute approximate surface area is 280 Å². The summed E-state index contributed by atoms with van der Waals surface area (Å²) in [6.07, 6.45) is 0. The van der Waals surface area contributed by atoms with Gasteiger partial charge in [-0.3, -0.25) is 0 Å². The molecule has 0 amide bonds. The maximum absolute atomic E-state index is 9.07. The number of hydrogen-bond donors (Lipinski definition) is 0. The van der Waals surface area contributed by atoms with E-state index in [0.29, 0.717) is 17.1 Å². The van der Waals surface area contributed by atoms with Gasteiger partial charge >= 0.3 is 0 Å². The predicted molar refractivity (Wildman–Crippen MR) is 189 cm³/mol. The summed E-state index contributed by atoms with van der Waals surface area (Å²) in [5.41, 5.74) is 6.82. The Morgan fingerprint density at radius 3 is 1.76 bits per heavy atom. The van der Waals surface area contributed by atoms with E-state index in [1.807, 2.05) is 84.9 Å². The normalized spacial score (nSPS) is 15.0. The van der Waals surface area contributed by atoms with Crippen molar-refractivity contribution in [1.82, 2.24) is 0 Å². The summed E-state index contributed by atoms with van der Waals surface area (Å²) in [4.78, 5) is 4.06. The van der Waals surface area contributed by atoms with E-state index in [-0.39, 0.29) is 17.8 Å². The molecule has 46 heavy (non-hydrogen) atoms. The van der Waals surface area contributed by atoms with Gasteiger partial charge in [0.25, 0.3) is 0 Å². The molecule has 0 aromatic heterocycles. The van der Waals surface area contributed by atoms with E-state index < -0.39 is 23.5 Å². The summed E-state index contributed by atoms with van der Waals surface area (Å²) in [5.74, 6) is 1.46. The van der Waals surface area contributed by atoms with Gasteiger partial charge in [0.2, 0.25) is 0 Å². The van der Waals surface area contributed by atoms with Gasteiger partial charge in [-0.1, -0.05) is 127 Å². The Bertz CT molecular complexity index is 2370. The molecule has 0 bridgehead atoms. The number of nitrogens with zero attached hydrogens (tertiary/aromatic N) is 1. The third-order valence-electron chi connectivity index (χ3n) is 8.88. The lowest BCUT2D eigenvalue weighted by atomic mass is 9.63. The van der Waals surface area contributed by atoms with Crippen molar-refractivity contribution in [3.63, 3.8) is 0 Å². The number of hydrogen-bond acceptors (Lipinski definition) is 3. The number of fused-ring (bicyclic) bond motifs is 8. The second kappa shape index (κ2) is 10.8. The van der Waals surface area contributed by atoms with E-state index >= 15 is 0 Å². The lowest BCUT2D eigenvalue weighted by Crippen LogP contribution is -2.36. The highest BCUT2D eigenvalue weighted by atomic mass is 32.2. The average Bonchev–Trinajstić information content (AvgIpc) is 3.18. The molecule has 7 aromatic carbocycles. The molecule has 0 N–H and O–H groups in total. The van der Waals surface area contributed by atoms with Crippen LogP contribution in [0.4, 0.5) is 17.1 Å². The fourth-order valence-electron chi connectivity index (χ4n) is 6.94. The van der Waals surface area contributed by atoms with Crippen LogP contribution in [0.3, 0.4) is 0 Å². The van der Waals surface area contributed by atoms with Crippen LogP contribution in [-0.4, -0.2) is 0 Å². The highest BCUT2D eigenvalue weighted by Crippen LogP contribution is 2.62. The van der Waals surface area contributed by atoms with Crippen LogP contribution in [0.1, 0.15) is 29.1 Å². The summed E-state index contributed by atoms with van der Waals surface area (Å²) >= 11 is 1.75. The first-order valence-corrected chi connectivity index (χ1v) is 16.0. The highest BCUT2D eigenvalue weighted by Gasteiger charge is 2.49. The van der Waals surface area contributed by atoms with Crippen molar-refractivity contribution in [3.05, 3.63) is 198 Å². The maximum atomic E-state index is 9.07. The van der Waals surface area contributed by atoms with Crippen molar-refractivity contribution in [1.29, 1.82) is 0 Å². The van der Waals surface area contributed by atoms with Gasteiger partial charge in [-0.25, -0.2) is 0 Å². The molecule has 2 nitrogen and oxygen atoms in total. The number of ether oxygens (including phenoxy) is 1. The van der Waals surface area contributed by atoms with Gasteiger partial charge in [0.05, 0.1) is 12.3 Å². The molecule has 0 unspecified atom stereocenters. The van der Waals surface area contributed by atoms with Crippen molar-refractivity contribution in [2.75, 3.05) is 4.90 Å². The van der Waals surface area contributed by atoms with Crippen molar-refractivity contribution in [2.24, 2.45) is 0 Å². The van der Waals surface area contributed by atoms with Gasteiger partial charge in [0.1, 0.15) is 11.5 Å². The molecule has 218 valence electrons. The lowest BCUT2D eigenvalue weighted by molar-refractivity contribution is 0.431. The Hall–Kier alpha value is -5.51. The van der Waals surface area contributed by atoms with Crippen LogP contribution >= 0.6 is 11.8 Å². The first kappa shape index (κ1) is 22.1. The number of benzene rings is 7. The molecule has 1 spiro atoms. The molecule has 0 saturated carbocycles. The second-order valence-electron chi connectivity index (χ2n) is 11.3. The van der Waals surface area contributed by atoms with Crippen LogP contribution in [0.2, 0.25) is 0 Å². The van der Waals surface area contributed by atoms with Crippen molar-refractivity contribution >= 4 is 28.8 Å². The van der Waals surface area contributed by atoms with Gasteiger partial charge in [0.15, 0.2) is 0 Å². The zero-order chi connectivity index (χ0) is 34.9. The average molecular weight is 613 g/mol. The molecule has 2 heterocycles. The fraction of sp³-hybridized carbons (Fsp3) is 0.0233. The third-order valence-corrected chi connectivity index (χ3v) is 10.0. The van der Waals surface area contributed by atoms with Crippen molar-refractivity contribution in [2.45, 2.75) is 15.2 Å². The number of anilines is 3. The van der Waals surface area contributed by atoms with E-state index in [9.17, 15) is 0 Å². The molecular formula is C43H29NOS. The van der Waals surface area contributed by atoms with Crippen LogP contribution in [-0.2, 0) is 5.41 Å². The van der Waals surface area contributed by atoms with Crippen molar-refractivity contribution in [3.8, 4) is 22.6 Å². The predicted octanol–water partition coefficient (Wildman–Crippen LogP) is 11.8. The van der Waals surface area contributed by atoms with Gasteiger partial charge in [0, 0.05) is 38.0 Å². The third kappa shape index (κ3) is 4.13. The molecule has 0 radical (unpaired) electrons. The standard InChI is InChI=1S/C43H29NOS/c1-3-13-30(14-4-1)31-23-25-33(26-24-31)44(32-15-5-2-6-16-32)34-27-28-40-38(29-34)43(35-17-7-10-20-39(35)45-40)36-18-8-11-21-41(36)46-42-22-12-9-19-37(42)43/h1-29H/i2D,5D,6D,15D,16D. The Balaban J connectivity index is 1.34. The first-order valence-electron chi connectivity index (χ1n) is 17.7. The summed E-state index contributed by atoms with van der Waals surface area (Å²) in [6, 6.07) is 47.2. The van der Waals surface area contributed by atoms with Gasteiger partial charge in [-0.15, -0.1) is 0 Å². The number of para-hydroxylation sites is 2. The highest BCUT2D eigenvalue weighted by molar-refractivity contribution is 7.99. The Morgan fingerprint density at radius 1 is 0.478 bits per heavy atom. The van der Waals surface area contributed by atoms with E-state index in [1.54, 1.807) is 16.7 Å². The summed E-state index contributed by atoms with van der Waals surface area (Å²) in [7, 11) is 0. The molecule has 0 atom stereocenters. The molecule has 3 heteroatoms. The molecule has 2 aliphatic heterocycles. The lowest BCUT2D eigenvalue weighted by Gasteiger charge is -2.45. The fourth-order valence-corrected chi connectivity index (χ4v) is 8.13. The Kier molecular flexibility index (Phi) is 5.20. The zero-order valence-corrected chi connectivity index (χ0v) is 25.4. The smallest absolute Gasteiger partial charge is 0.132 e. The zero-order valence-electron chi connectivity index (χ0n) is 29.6. The number of rotatable bonds is 4. The summed E-state index contributed by atoms with van der Waals surface area (Å²) < 4.78 is 50.3. The van der Waals surface area contributed by atoms with Gasteiger partial charge < -0.3 is 9.64 Å². The molecule has 9 rings (SSSR count). The minimum Gasteiger partial charge on any atom is -0.457 e. The van der Waals surface area contributed by atoms with E-state index in [4.69, 9.17) is 11.6 Å². The summed E-state index contributed by atoms with van der Waals surface area (Å²) in [6.45, 7) is 0. The second-order valence-corrected chi connectivity index (χ2v) is 12.4. The van der Waals surface area contributed by atoms with Crippen molar-refractivity contribution < 1.29 is 11.6 Å². The Morgan fingerprint density at radius 2 is 1.04 bits per heavy atom. The molecule has 0 fully saturated rings. The van der Waals surface area contributed by atoms with E-state index in [1.165, 1.54) is 0 Å². The van der Waals surface area contributed by atoms with Crippen LogP contribution in [0, 0.1) is 0 Å². The topological polar surface area (TPSA) is 12.5 Å². The minimum atomic E-state index is -0.763. The van der Waals surface area contributed by atoms with E-state index in [0.717, 1.165) is 48.9 Å². The molecule has 0 saturated heterocycles. The van der Waals surface area contributed by atoms with Gasteiger partial charge in [-0.05, 0) is 82.9 Å². The van der Waals surface area contributed by atoms with Crippen LogP contribution in [0.25, 0.3) is 11.1 Å². The molecule has 0 aliphatic carbocycles. The van der Waals surface area contributed by atoms with E-state index in [2.05, 4.69) is 60.7 Å². The molecule has 7 aromatic rings. The monoisotopic (exact) mass is 612 g/mol. The van der Waals surface area contributed by atoms with Crippen LogP contribution in [0.15, 0.2) is 186 Å². The quantitative estimate of drug-likeness (QED) is 0.196. The van der Waals surface area contributed by atoms with Gasteiger partial charge in [-0.2, -0.15) is 0 Å².